The van der Waals surface area contributed by atoms with Crippen molar-refractivity contribution in [2.45, 2.75) is 6.92 Å². The van der Waals surface area contributed by atoms with E-state index in [1.165, 1.54) is 0 Å². The minimum absolute atomic E-state index is 0.208. The molecule has 4 aromatic rings. The molecule has 0 aliphatic heterocycles. The zero-order valence-corrected chi connectivity index (χ0v) is 12.3. The quantitative estimate of drug-likeness (QED) is 0.461. The number of nitrogens with two attached hydrogens (primary N) is 1. The van der Waals surface area contributed by atoms with Crippen LogP contribution < -0.4 is 11.1 Å². The first kappa shape index (κ1) is 13.3. The number of nitrogens with one attached hydrogen (secondary N) is 3. The third-order valence-electron chi connectivity index (χ3n) is 3.53. The molecule has 3 heterocycles. The Morgan fingerprint density at radius 3 is 2.91 bits per heavy atom. The topological polar surface area (TPSA) is 121 Å². The molecule has 0 bridgehead atoms. The maximum Gasteiger partial charge on any atom is 0.221 e. The average Bonchev–Trinajstić information content (AvgIpc) is 3.14. The zero-order chi connectivity index (χ0) is 15.8. The summed E-state index contributed by atoms with van der Waals surface area (Å²) in [5.41, 5.74) is 10.1. The fourth-order valence-corrected chi connectivity index (χ4v) is 2.44. The number of nitrogens with zero attached hydrogens (tertiary/aromatic N) is 4. The summed E-state index contributed by atoms with van der Waals surface area (Å²) in [5.74, 6) is 1.50. The van der Waals surface area contributed by atoms with E-state index in [0.29, 0.717) is 11.6 Å². The highest BCUT2D eigenvalue weighted by molar-refractivity contribution is 5.84. The van der Waals surface area contributed by atoms with Gasteiger partial charge < -0.3 is 16.0 Å². The third-order valence-corrected chi connectivity index (χ3v) is 3.53. The van der Waals surface area contributed by atoms with Crippen LogP contribution in [0.3, 0.4) is 0 Å². The molecular formula is C15H14N8. The van der Waals surface area contributed by atoms with E-state index in [2.05, 4.69) is 35.5 Å². The lowest BCUT2D eigenvalue weighted by Crippen LogP contribution is -1.99. The van der Waals surface area contributed by atoms with Crippen LogP contribution in [0.25, 0.3) is 22.6 Å². The predicted molar refractivity (Wildman–Crippen MR) is 88.1 cm³/mol. The number of nitrogen functional groups attached to an aromatic ring is 1. The highest BCUT2D eigenvalue weighted by Gasteiger charge is 2.13. The highest BCUT2D eigenvalue weighted by atomic mass is 15.2. The second kappa shape index (κ2) is 5.09. The van der Waals surface area contributed by atoms with E-state index in [9.17, 15) is 0 Å². The summed E-state index contributed by atoms with van der Waals surface area (Å²) in [4.78, 5) is 15.9. The van der Waals surface area contributed by atoms with E-state index in [1.54, 1.807) is 18.5 Å². The van der Waals surface area contributed by atoms with Crippen LogP contribution in [-0.4, -0.2) is 30.1 Å². The molecule has 0 unspecified atom stereocenters. The Balaban J connectivity index is 1.75. The first-order chi connectivity index (χ1) is 11.2. The summed E-state index contributed by atoms with van der Waals surface area (Å²) in [5, 5.41) is 10.2. The summed E-state index contributed by atoms with van der Waals surface area (Å²) >= 11 is 0. The van der Waals surface area contributed by atoms with Crippen LogP contribution >= 0.6 is 0 Å². The second-order valence-corrected chi connectivity index (χ2v) is 5.14. The predicted octanol–water partition coefficient (Wildman–Crippen LogP) is 2.38. The molecule has 0 atom stereocenters. The number of para-hydroxylation sites is 1. The molecule has 8 nitrogen and oxygen atoms in total. The lowest BCUT2D eigenvalue weighted by molar-refractivity contribution is 1.08. The summed E-state index contributed by atoms with van der Waals surface area (Å²) in [6, 6.07) is 7.75. The number of hydrogen-bond acceptors (Lipinski definition) is 6. The second-order valence-electron chi connectivity index (χ2n) is 5.14. The molecule has 4 rings (SSSR count). The van der Waals surface area contributed by atoms with Crippen molar-refractivity contribution in [1.29, 1.82) is 0 Å². The Bertz CT molecular complexity index is 984. The molecule has 8 heteroatoms. The van der Waals surface area contributed by atoms with Gasteiger partial charge in [0, 0.05) is 6.20 Å². The van der Waals surface area contributed by atoms with Crippen LogP contribution in [0.2, 0.25) is 0 Å². The van der Waals surface area contributed by atoms with Gasteiger partial charge in [0.05, 0.1) is 22.9 Å². The van der Waals surface area contributed by atoms with Gasteiger partial charge in [-0.05, 0) is 24.6 Å². The lowest BCUT2D eigenvalue weighted by atomic mass is 10.2. The van der Waals surface area contributed by atoms with Crippen molar-refractivity contribution in [3.05, 3.63) is 42.2 Å². The van der Waals surface area contributed by atoms with Gasteiger partial charge in [-0.1, -0.05) is 12.1 Å². The van der Waals surface area contributed by atoms with Gasteiger partial charge in [-0.25, -0.2) is 9.97 Å². The first-order valence-electron chi connectivity index (χ1n) is 7.05. The number of benzene rings is 1. The molecule has 5 N–H and O–H groups in total. The largest absolute Gasteiger partial charge is 0.368 e. The number of aromatic nitrogens is 6. The summed E-state index contributed by atoms with van der Waals surface area (Å²) in [6.45, 7) is 2.03. The van der Waals surface area contributed by atoms with Crippen molar-refractivity contribution in [3.63, 3.8) is 0 Å². The fourth-order valence-electron chi connectivity index (χ4n) is 2.44. The standard InChI is InChI=1S/C15H14N8/c1-8-3-2-4-9-12(8)22-14(20-9)13-10(7-18-23-13)19-11-5-6-17-15(16)21-11/h2-7H,1H3,(H,18,23)(H,20,22)(H3,16,17,19,21). The van der Waals surface area contributed by atoms with Crippen molar-refractivity contribution < 1.29 is 0 Å². The molecule has 23 heavy (non-hydrogen) atoms. The molecule has 0 spiro atoms. The van der Waals surface area contributed by atoms with Crippen LogP contribution in [0.5, 0.6) is 0 Å². The SMILES string of the molecule is Cc1cccc2[nH]c(-c3[nH]ncc3Nc3ccnc(N)n3)nc12. The number of aryl methyl sites for hydroxylation is 1. The number of H-pyrrole nitrogens is 2. The van der Waals surface area contributed by atoms with Crippen LogP contribution in [0.1, 0.15) is 5.56 Å². The van der Waals surface area contributed by atoms with Gasteiger partial charge in [0.25, 0.3) is 0 Å². The van der Waals surface area contributed by atoms with Crippen LogP contribution in [0, 0.1) is 6.92 Å². The van der Waals surface area contributed by atoms with Crippen molar-refractivity contribution >= 4 is 28.5 Å². The molecule has 114 valence electrons. The van der Waals surface area contributed by atoms with E-state index in [0.717, 1.165) is 28.0 Å². The Labute approximate surface area is 131 Å². The third kappa shape index (κ3) is 2.35. The van der Waals surface area contributed by atoms with E-state index >= 15 is 0 Å². The van der Waals surface area contributed by atoms with Crippen molar-refractivity contribution in [1.82, 2.24) is 30.1 Å². The minimum Gasteiger partial charge on any atom is -0.368 e. The van der Waals surface area contributed by atoms with Crippen LogP contribution in [0.4, 0.5) is 17.5 Å². The van der Waals surface area contributed by atoms with Crippen LogP contribution in [0.15, 0.2) is 36.7 Å². The van der Waals surface area contributed by atoms with E-state index in [-0.39, 0.29) is 5.95 Å². The molecule has 0 saturated carbocycles. The molecule has 0 fully saturated rings. The smallest absolute Gasteiger partial charge is 0.221 e. The van der Waals surface area contributed by atoms with Gasteiger partial charge in [-0.2, -0.15) is 10.1 Å². The van der Waals surface area contributed by atoms with E-state index in [1.807, 2.05) is 25.1 Å². The van der Waals surface area contributed by atoms with Gasteiger partial charge in [0.1, 0.15) is 11.5 Å². The van der Waals surface area contributed by atoms with Crippen molar-refractivity contribution in [2.24, 2.45) is 0 Å². The highest BCUT2D eigenvalue weighted by Crippen LogP contribution is 2.28. The molecular weight excluding hydrogens is 292 g/mol. The number of rotatable bonds is 3. The lowest BCUT2D eigenvalue weighted by Gasteiger charge is -2.04. The van der Waals surface area contributed by atoms with Gasteiger partial charge in [0.15, 0.2) is 5.82 Å². The van der Waals surface area contributed by atoms with Crippen molar-refractivity contribution in [2.75, 3.05) is 11.1 Å². The molecule has 0 saturated heterocycles. The fraction of sp³-hybridized carbons (Fsp3) is 0.0667. The number of hydrogen-bond donors (Lipinski definition) is 4. The number of fused-ring (bicyclic) bond motifs is 1. The van der Waals surface area contributed by atoms with Gasteiger partial charge in [0.2, 0.25) is 5.95 Å². The Hall–Kier alpha value is -3.42. The number of anilines is 3. The first-order valence-corrected chi connectivity index (χ1v) is 7.05. The molecule has 0 radical (unpaired) electrons. The maximum absolute atomic E-state index is 5.60. The molecule has 1 aromatic carbocycles. The van der Waals surface area contributed by atoms with Gasteiger partial charge in [-0.15, -0.1) is 0 Å². The van der Waals surface area contributed by atoms with Crippen molar-refractivity contribution in [3.8, 4) is 11.5 Å². The minimum atomic E-state index is 0.208. The normalized spacial score (nSPS) is 11.0. The Morgan fingerprint density at radius 2 is 2.09 bits per heavy atom. The van der Waals surface area contributed by atoms with Crippen LogP contribution in [-0.2, 0) is 0 Å². The molecule has 0 amide bonds. The monoisotopic (exact) mass is 306 g/mol. The number of aromatic amines is 2. The van der Waals surface area contributed by atoms with Gasteiger partial charge in [-0.3, -0.25) is 5.10 Å². The molecule has 0 aliphatic carbocycles. The summed E-state index contributed by atoms with van der Waals surface area (Å²) in [7, 11) is 0. The maximum atomic E-state index is 5.60. The summed E-state index contributed by atoms with van der Waals surface area (Å²) < 4.78 is 0. The Morgan fingerprint density at radius 1 is 1.17 bits per heavy atom. The number of imidazole rings is 1. The molecule has 3 aromatic heterocycles. The van der Waals surface area contributed by atoms with E-state index < -0.39 is 0 Å². The zero-order valence-electron chi connectivity index (χ0n) is 12.3. The van der Waals surface area contributed by atoms with Gasteiger partial charge >= 0.3 is 0 Å². The average molecular weight is 306 g/mol. The van der Waals surface area contributed by atoms with E-state index in [4.69, 9.17) is 5.73 Å². The molecule has 0 aliphatic rings. The Kier molecular flexibility index (Phi) is 2.94. The summed E-state index contributed by atoms with van der Waals surface area (Å²) in [6.07, 6.45) is 3.27.